The summed E-state index contributed by atoms with van der Waals surface area (Å²) in [6.45, 7) is 1.43. The molecular weight excluding hydrogens is 285 g/mol. The van der Waals surface area contributed by atoms with Crippen molar-refractivity contribution < 1.29 is 23.1 Å². The Kier molecular flexibility index (Phi) is 3.27. The van der Waals surface area contributed by atoms with Crippen molar-refractivity contribution in [2.24, 2.45) is 0 Å². The minimum atomic E-state index is -4.84. The maximum absolute atomic E-state index is 12.8. The van der Waals surface area contributed by atoms with Gasteiger partial charge in [0.15, 0.2) is 5.69 Å². The normalized spacial score (nSPS) is 11.8. The molecule has 2 aromatic heterocycles. The molecule has 0 spiro atoms. The van der Waals surface area contributed by atoms with Crippen molar-refractivity contribution in [3.8, 4) is 0 Å². The second kappa shape index (κ2) is 4.61. The van der Waals surface area contributed by atoms with Crippen molar-refractivity contribution in [1.82, 2.24) is 20.0 Å². The molecule has 0 unspecified atom stereocenters. The van der Waals surface area contributed by atoms with E-state index in [4.69, 9.17) is 5.11 Å². The molecule has 0 saturated carbocycles. The zero-order valence-electron chi connectivity index (χ0n) is 9.47. The molecule has 0 aliphatic rings. The van der Waals surface area contributed by atoms with Crippen LogP contribution in [-0.2, 0) is 12.7 Å². The van der Waals surface area contributed by atoms with Gasteiger partial charge in [-0.05, 0) is 6.92 Å². The third-order valence-electron chi connectivity index (χ3n) is 2.18. The highest BCUT2D eigenvalue weighted by molar-refractivity contribution is 7.09. The molecule has 2 rings (SSSR count). The Morgan fingerprint density at radius 2 is 2.21 bits per heavy atom. The second-order valence-electron chi connectivity index (χ2n) is 3.61. The summed E-state index contributed by atoms with van der Waals surface area (Å²) in [5, 5.41) is 17.3. The van der Waals surface area contributed by atoms with Crippen molar-refractivity contribution in [3.05, 3.63) is 27.5 Å². The van der Waals surface area contributed by atoms with Crippen molar-refractivity contribution in [2.75, 3.05) is 0 Å². The fourth-order valence-electron chi connectivity index (χ4n) is 1.48. The molecule has 6 nitrogen and oxygen atoms in total. The summed E-state index contributed by atoms with van der Waals surface area (Å²) < 4.78 is 39.0. The summed E-state index contributed by atoms with van der Waals surface area (Å²) in [6.07, 6.45) is -4.84. The van der Waals surface area contributed by atoms with Crippen molar-refractivity contribution in [1.29, 1.82) is 0 Å². The van der Waals surface area contributed by atoms with Crippen LogP contribution in [0.3, 0.4) is 0 Å². The predicted octanol–water partition coefficient (Wildman–Crippen LogP) is 1.81. The number of carboxylic acids is 1. The number of nitrogens with zero attached hydrogens (tertiary/aromatic N) is 4. The van der Waals surface area contributed by atoms with E-state index in [-0.39, 0.29) is 6.54 Å². The van der Waals surface area contributed by atoms with Crippen LogP contribution in [0.4, 0.5) is 13.2 Å². The first-order valence-corrected chi connectivity index (χ1v) is 5.82. The average Bonchev–Trinajstić information content (AvgIpc) is 2.84. The average molecular weight is 292 g/mol. The monoisotopic (exact) mass is 292 g/mol. The SMILES string of the molecule is Cc1nc(Cn2nnc(C(=O)O)c2C(F)(F)F)cs1. The molecule has 0 fully saturated rings. The maximum atomic E-state index is 12.8. The Hall–Kier alpha value is -1.97. The quantitative estimate of drug-likeness (QED) is 0.933. The number of hydrogen-bond donors (Lipinski definition) is 1. The van der Waals surface area contributed by atoms with E-state index < -0.39 is 23.5 Å². The molecule has 1 N–H and O–H groups in total. The molecule has 10 heteroatoms. The lowest BCUT2D eigenvalue weighted by molar-refractivity contribution is -0.144. The standard InChI is InChI=1S/C9H7F3N4O2S/c1-4-13-5(3-19-4)2-16-7(9(10,11)12)6(8(17)18)14-15-16/h3H,2H2,1H3,(H,17,18). The minimum absolute atomic E-state index is 0.278. The summed E-state index contributed by atoms with van der Waals surface area (Å²) in [6, 6.07) is 0. The number of alkyl halides is 3. The highest BCUT2D eigenvalue weighted by Gasteiger charge is 2.41. The lowest BCUT2D eigenvalue weighted by atomic mass is 10.3. The Morgan fingerprint density at radius 1 is 1.53 bits per heavy atom. The smallest absolute Gasteiger partial charge is 0.435 e. The van der Waals surface area contributed by atoms with Gasteiger partial charge in [-0.2, -0.15) is 13.2 Å². The van der Waals surface area contributed by atoms with Crippen LogP contribution in [0.5, 0.6) is 0 Å². The number of rotatable bonds is 3. The van der Waals surface area contributed by atoms with Gasteiger partial charge < -0.3 is 5.11 Å². The van der Waals surface area contributed by atoms with E-state index in [1.165, 1.54) is 11.3 Å². The Bertz CT molecular complexity index is 619. The molecular formula is C9H7F3N4O2S. The van der Waals surface area contributed by atoms with Crippen LogP contribution in [0.2, 0.25) is 0 Å². The minimum Gasteiger partial charge on any atom is -0.476 e. The van der Waals surface area contributed by atoms with Gasteiger partial charge in [-0.15, -0.1) is 16.4 Å². The fraction of sp³-hybridized carbons (Fsp3) is 0.333. The molecule has 0 aromatic carbocycles. The molecule has 0 atom stereocenters. The highest BCUT2D eigenvalue weighted by atomic mass is 32.1. The van der Waals surface area contributed by atoms with Gasteiger partial charge in [-0.3, -0.25) is 0 Å². The van der Waals surface area contributed by atoms with Crippen molar-refractivity contribution in [2.45, 2.75) is 19.6 Å². The molecule has 19 heavy (non-hydrogen) atoms. The number of aromatic nitrogens is 4. The summed E-state index contributed by atoms with van der Waals surface area (Å²) in [5.41, 5.74) is -2.13. The van der Waals surface area contributed by atoms with E-state index >= 15 is 0 Å². The van der Waals surface area contributed by atoms with E-state index in [0.29, 0.717) is 15.4 Å². The van der Waals surface area contributed by atoms with E-state index in [0.717, 1.165) is 0 Å². The van der Waals surface area contributed by atoms with E-state index in [2.05, 4.69) is 15.3 Å². The number of hydrogen-bond acceptors (Lipinski definition) is 5. The zero-order chi connectivity index (χ0) is 14.2. The Morgan fingerprint density at radius 3 is 2.68 bits per heavy atom. The first-order valence-electron chi connectivity index (χ1n) is 4.94. The third-order valence-corrected chi connectivity index (χ3v) is 3.01. The molecule has 0 saturated heterocycles. The maximum Gasteiger partial charge on any atom is 0.435 e. The molecule has 0 bridgehead atoms. The van der Waals surface area contributed by atoms with Crippen LogP contribution in [-0.4, -0.2) is 31.1 Å². The summed E-state index contributed by atoms with van der Waals surface area (Å²) >= 11 is 1.28. The Labute approximate surface area is 108 Å². The van der Waals surface area contributed by atoms with Gasteiger partial charge in [0, 0.05) is 5.38 Å². The summed E-state index contributed by atoms with van der Waals surface area (Å²) in [5.74, 6) is -1.77. The summed E-state index contributed by atoms with van der Waals surface area (Å²) in [4.78, 5) is 14.7. The van der Waals surface area contributed by atoms with Gasteiger partial charge in [0.25, 0.3) is 0 Å². The molecule has 0 amide bonds. The lowest BCUT2D eigenvalue weighted by Gasteiger charge is -2.08. The first-order chi connectivity index (χ1) is 8.79. The molecule has 0 aliphatic heterocycles. The van der Waals surface area contributed by atoms with Crippen LogP contribution in [0.1, 0.15) is 26.9 Å². The van der Waals surface area contributed by atoms with Crippen LogP contribution >= 0.6 is 11.3 Å². The van der Waals surface area contributed by atoms with E-state index in [1.54, 1.807) is 12.3 Å². The van der Waals surface area contributed by atoms with E-state index in [9.17, 15) is 18.0 Å². The third kappa shape index (κ3) is 2.72. The molecule has 2 aromatic rings. The van der Waals surface area contributed by atoms with Crippen molar-refractivity contribution in [3.63, 3.8) is 0 Å². The van der Waals surface area contributed by atoms with Crippen molar-refractivity contribution >= 4 is 17.3 Å². The van der Waals surface area contributed by atoms with Crippen LogP contribution in [0, 0.1) is 6.92 Å². The van der Waals surface area contributed by atoms with Gasteiger partial charge in [-0.25, -0.2) is 14.5 Å². The molecule has 2 heterocycles. The van der Waals surface area contributed by atoms with Gasteiger partial charge in [0.2, 0.25) is 5.69 Å². The number of carboxylic acid groups (broad SMARTS) is 1. The molecule has 0 radical (unpaired) electrons. The molecule has 102 valence electrons. The number of carbonyl (C=O) groups is 1. The number of thiazole rings is 1. The topological polar surface area (TPSA) is 80.9 Å². The Balaban J connectivity index is 2.43. The predicted molar refractivity (Wildman–Crippen MR) is 57.9 cm³/mol. The molecule has 0 aliphatic carbocycles. The summed E-state index contributed by atoms with van der Waals surface area (Å²) in [7, 11) is 0. The first kappa shape index (κ1) is 13.5. The number of aryl methyl sites for hydroxylation is 1. The van der Waals surface area contributed by atoms with Crippen LogP contribution in [0.25, 0.3) is 0 Å². The van der Waals surface area contributed by atoms with Crippen LogP contribution < -0.4 is 0 Å². The highest BCUT2D eigenvalue weighted by Crippen LogP contribution is 2.31. The van der Waals surface area contributed by atoms with Gasteiger partial charge in [-0.1, -0.05) is 5.21 Å². The number of halogens is 3. The lowest BCUT2D eigenvalue weighted by Crippen LogP contribution is -2.19. The second-order valence-corrected chi connectivity index (χ2v) is 4.67. The largest absolute Gasteiger partial charge is 0.476 e. The van der Waals surface area contributed by atoms with Crippen LogP contribution in [0.15, 0.2) is 5.38 Å². The van der Waals surface area contributed by atoms with Gasteiger partial charge in [0.05, 0.1) is 17.2 Å². The fourth-order valence-corrected chi connectivity index (χ4v) is 2.09. The van der Waals surface area contributed by atoms with E-state index in [1.807, 2.05) is 0 Å². The zero-order valence-corrected chi connectivity index (χ0v) is 10.3. The van der Waals surface area contributed by atoms with Gasteiger partial charge >= 0.3 is 12.1 Å². The van der Waals surface area contributed by atoms with Gasteiger partial charge in [0.1, 0.15) is 0 Å². The number of aromatic carboxylic acids is 1.